The molecule has 1 aromatic heterocycles. The number of aryl methyl sites for hydroxylation is 1. The first kappa shape index (κ1) is 14.7. The van der Waals surface area contributed by atoms with Crippen LogP contribution in [0.4, 0.5) is 0 Å². The zero-order chi connectivity index (χ0) is 14.9. The Kier molecular flexibility index (Phi) is 4.23. The molecule has 0 saturated heterocycles. The van der Waals surface area contributed by atoms with Crippen LogP contribution in [0.15, 0.2) is 4.79 Å². The molecule has 2 rings (SSSR count). The summed E-state index contributed by atoms with van der Waals surface area (Å²) in [5.41, 5.74) is 0.870. The molecule has 6 heteroatoms. The van der Waals surface area contributed by atoms with Crippen molar-refractivity contribution in [1.29, 1.82) is 0 Å². The van der Waals surface area contributed by atoms with Gasteiger partial charge in [-0.1, -0.05) is 12.8 Å². The Labute approximate surface area is 117 Å². The third-order valence-electron chi connectivity index (χ3n) is 4.20. The molecule has 6 nitrogen and oxygen atoms in total. The van der Waals surface area contributed by atoms with E-state index in [4.69, 9.17) is 0 Å². The summed E-state index contributed by atoms with van der Waals surface area (Å²) in [6.45, 7) is 3.47. The fourth-order valence-electron chi connectivity index (χ4n) is 2.75. The van der Waals surface area contributed by atoms with Gasteiger partial charge in [-0.3, -0.25) is 9.59 Å². The van der Waals surface area contributed by atoms with E-state index in [1.165, 1.54) is 4.90 Å². The highest BCUT2D eigenvalue weighted by Crippen LogP contribution is 2.23. The van der Waals surface area contributed by atoms with Gasteiger partial charge in [0.05, 0.1) is 17.8 Å². The van der Waals surface area contributed by atoms with Crippen molar-refractivity contribution in [1.82, 2.24) is 15.1 Å². The van der Waals surface area contributed by atoms with Crippen LogP contribution in [0.2, 0.25) is 0 Å². The number of H-pyrrole nitrogens is 1. The highest BCUT2D eigenvalue weighted by atomic mass is 16.3. The number of carbonyl (C=O) groups excluding carboxylic acids is 1. The number of amides is 1. The number of nitrogens with one attached hydrogen (secondary N) is 1. The maximum absolute atomic E-state index is 12.6. The van der Waals surface area contributed by atoms with Gasteiger partial charge in [-0.2, -0.15) is 5.10 Å². The van der Waals surface area contributed by atoms with Crippen molar-refractivity contribution in [2.45, 2.75) is 51.7 Å². The number of aromatic nitrogens is 2. The lowest BCUT2D eigenvalue weighted by molar-refractivity contribution is 0.0266. The minimum absolute atomic E-state index is 0.123. The van der Waals surface area contributed by atoms with E-state index < -0.39 is 11.7 Å². The molecule has 1 amide bonds. The van der Waals surface area contributed by atoms with Crippen LogP contribution in [0.5, 0.6) is 0 Å². The predicted molar refractivity (Wildman–Crippen MR) is 74.7 cm³/mol. The van der Waals surface area contributed by atoms with Crippen LogP contribution in [-0.2, 0) is 0 Å². The van der Waals surface area contributed by atoms with Crippen LogP contribution in [0.25, 0.3) is 0 Å². The Morgan fingerprint density at radius 3 is 2.65 bits per heavy atom. The number of aromatic amines is 1. The maximum atomic E-state index is 12.6. The average molecular weight is 279 g/mol. The molecule has 0 aliphatic heterocycles. The van der Waals surface area contributed by atoms with Crippen LogP contribution in [0.3, 0.4) is 0 Å². The van der Waals surface area contributed by atoms with Gasteiger partial charge in [0.2, 0.25) is 0 Å². The molecule has 1 fully saturated rings. The molecule has 0 spiro atoms. The lowest BCUT2D eigenvalue weighted by atomic mass is 9.91. The van der Waals surface area contributed by atoms with Crippen molar-refractivity contribution in [2.24, 2.45) is 0 Å². The van der Waals surface area contributed by atoms with Crippen molar-refractivity contribution in [3.05, 3.63) is 27.2 Å². The van der Waals surface area contributed by atoms with Gasteiger partial charge in [0, 0.05) is 7.05 Å². The zero-order valence-corrected chi connectivity index (χ0v) is 12.1. The first-order valence-electron chi connectivity index (χ1n) is 6.94. The Morgan fingerprint density at radius 1 is 1.35 bits per heavy atom. The first-order chi connectivity index (χ1) is 9.43. The number of aliphatic hydroxyl groups is 1. The SMILES string of the molecule is Cc1n[nH]c(=O)c(C(=O)N(C)C2CCCCC2O)c1C. The lowest BCUT2D eigenvalue weighted by Gasteiger charge is -2.35. The monoisotopic (exact) mass is 279 g/mol. The van der Waals surface area contributed by atoms with Gasteiger partial charge in [0.15, 0.2) is 0 Å². The largest absolute Gasteiger partial charge is 0.391 e. The van der Waals surface area contributed by atoms with Crippen LogP contribution >= 0.6 is 0 Å². The summed E-state index contributed by atoms with van der Waals surface area (Å²) in [5, 5.41) is 16.2. The predicted octanol–water partition coefficient (Wildman–Crippen LogP) is 0.762. The highest BCUT2D eigenvalue weighted by Gasteiger charge is 2.31. The number of likely N-dealkylation sites (N-methyl/N-ethyl adjacent to an activating group) is 1. The molecule has 110 valence electrons. The smallest absolute Gasteiger partial charge is 0.277 e. The van der Waals surface area contributed by atoms with Crippen LogP contribution < -0.4 is 5.56 Å². The molecule has 1 aromatic rings. The van der Waals surface area contributed by atoms with Crippen LogP contribution in [-0.4, -0.2) is 45.3 Å². The third kappa shape index (κ3) is 2.60. The van der Waals surface area contributed by atoms with Crippen LogP contribution in [0.1, 0.15) is 47.3 Å². The summed E-state index contributed by atoms with van der Waals surface area (Å²) in [6, 6.07) is -0.219. The highest BCUT2D eigenvalue weighted by molar-refractivity contribution is 5.95. The Hall–Kier alpha value is -1.69. The summed E-state index contributed by atoms with van der Waals surface area (Å²) in [6.07, 6.45) is 2.93. The zero-order valence-electron chi connectivity index (χ0n) is 12.1. The molecular weight excluding hydrogens is 258 g/mol. The van der Waals surface area contributed by atoms with E-state index in [1.54, 1.807) is 20.9 Å². The van der Waals surface area contributed by atoms with Gasteiger partial charge in [-0.15, -0.1) is 0 Å². The summed E-state index contributed by atoms with van der Waals surface area (Å²) in [5.74, 6) is -0.347. The molecule has 20 heavy (non-hydrogen) atoms. The summed E-state index contributed by atoms with van der Waals surface area (Å²) >= 11 is 0. The van der Waals surface area contributed by atoms with Crippen molar-refractivity contribution in [3.63, 3.8) is 0 Å². The first-order valence-corrected chi connectivity index (χ1v) is 6.94. The minimum Gasteiger partial charge on any atom is -0.391 e. The van der Waals surface area contributed by atoms with E-state index in [2.05, 4.69) is 10.2 Å². The van der Waals surface area contributed by atoms with Gasteiger partial charge in [0.1, 0.15) is 5.56 Å². The van der Waals surface area contributed by atoms with Crippen molar-refractivity contribution in [2.75, 3.05) is 7.05 Å². The quantitative estimate of drug-likeness (QED) is 0.837. The topological polar surface area (TPSA) is 86.3 Å². The van der Waals surface area contributed by atoms with E-state index in [-0.39, 0.29) is 17.5 Å². The van der Waals surface area contributed by atoms with Gasteiger partial charge in [-0.25, -0.2) is 5.10 Å². The Bertz CT molecular complexity index is 567. The molecule has 1 heterocycles. The van der Waals surface area contributed by atoms with Gasteiger partial charge in [-0.05, 0) is 32.3 Å². The van der Waals surface area contributed by atoms with Gasteiger partial charge >= 0.3 is 0 Å². The molecular formula is C14H21N3O3. The van der Waals surface area contributed by atoms with E-state index in [9.17, 15) is 14.7 Å². The standard InChI is InChI=1S/C14H21N3O3/c1-8-9(2)15-16-13(19)12(8)14(20)17(3)10-6-4-5-7-11(10)18/h10-11,18H,4-7H2,1-3H3,(H,16,19). The third-order valence-corrected chi connectivity index (χ3v) is 4.20. The molecule has 2 atom stereocenters. The molecule has 0 radical (unpaired) electrons. The molecule has 2 unspecified atom stereocenters. The normalized spacial score (nSPS) is 22.6. The lowest BCUT2D eigenvalue weighted by Crippen LogP contribution is -2.47. The average Bonchev–Trinajstić information content (AvgIpc) is 2.43. The molecule has 1 saturated carbocycles. The maximum Gasteiger partial charge on any atom is 0.277 e. The second-order valence-corrected chi connectivity index (χ2v) is 5.47. The second-order valence-electron chi connectivity index (χ2n) is 5.47. The minimum atomic E-state index is -0.514. The van der Waals surface area contributed by atoms with Gasteiger partial charge in [0.25, 0.3) is 11.5 Å². The van der Waals surface area contributed by atoms with E-state index >= 15 is 0 Å². The molecule has 1 aliphatic carbocycles. The number of hydrogen-bond acceptors (Lipinski definition) is 4. The summed E-state index contributed by atoms with van der Waals surface area (Å²) in [7, 11) is 1.65. The van der Waals surface area contributed by atoms with E-state index in [0.29, 0.717) is 17.7 Å². The summed E-state index contributed by atoms with van der Waals surface area (Å²) in [4.78, 5) is 25.9. The number of hydrogen-bond donors (Lipinski definition) is 2. The fraction of sp³-hybridized carbons (Fsp3) is 0.643. The van der Waals surface area contributed by atoms with E-state index in [0.717, 1.165) is 19.3 Å². The number of carbonyl (C=O) groups is 1. The van der Waals surface area contributed by atoms with Crippen molar-refractivity contribution >= 4 is 5.91 Å². The number of nitrogens with zero attached hydrogens (tertiary/aromatic N) is 2. The Balaban J connectivity index is 2.31. The van der Waals surface area contributed by atoms with Crippen LogP contribution in [0, 0.1) is 13.8 Å². The Morgan fingerprint density at radius 2 is 2.00 bits per heavy atom. The fourth-order valence-corrected chi connectivity index (χ4v) is 2.75. The van der Waals surface area contributed by atoms with Crippen molar-refractivity contribution in [3.8, 4) is 0 Å². The second kappa shape index (κ2) is 5.75. The molecule has 0 bridgehead atoms. The number of aliphatic hydroxyl groups excluding tert-OH is 1. The molecule has 2 N–H and O–H groups in total. The number of rotatable bonds is 2. The van der Waals surface area contributed by atoms with Crippen molar-refractivity contribution < 1.29 is 9.90 Å². The van der Waals surface area contributed by atoms with E-state index in [1.807, 2.05) is 0 Å². The summed E-state index contributed by atoms with van der Waals surface area (Å²) < 4.78 is 0. The molecule has 1 aliphatic rings. The molecule has 0 aromatic carbocycles. The van der Waals surface area contributed by atoms with Gasteiger partial charge < -0.3 is 10.0 Å².